The van der Waals surface area contributed by atoms with Gasteiger partial charge in [0, 0.05) is 23.9 Å². The molecule has 170 valence electrons. The van der Waals surface area contributed by atoms with Gasteiger partial charge in [-0.05, 0) is 52.1 Å². The average molecular weight is 445 g/mol. The maximum Gasteiger partial charge on any atom is 0.137 e. The highest BCUT2D eigenvalue weighted by Crippen LogP contribution is 2.32. The number of carboxylic acid groups (broad SMARTS) is 1. The number of carbonyl (C=O) groups excluding carboxylic acids is 1. The molecule has 2 unspecified atom stereocenters. The molecule has 0 bridgehead atoms. The van der Waals surface area contributed by atoms with Crippen LogP contribution in [0.4, 0.5) is 4.79 Å². The van der Waals surface area contributed by atoms with Crippen molar-refractivity contribution in [2.24, 2.45) is 5.11 Å². The van der Waals surface area contributed by atoms with Gasteiger partial charge in [0.1, 0.15) is 11.8 Å². The van der Waals surface area contributed by atoms with Crippen molar-refractivity contribution in [3.8, 4) is 5.75 Å². The zero-order valence-corrected chi connectivity index (χ0v) is 18.2. The number of carbonyl (C=O) groups is 1. The van der Waals surface area contributed by atoms with E-state index in [-0.39, 0.29) is 25.1 Å². The quantitative estimate of drug-likeness (QED) is 0.223. The lowest BCUT2D eigenvalue weighted by molar-refractivity contribution is -0.268. The van der Waals surface area contributed by atoms with Gasteiger partial charge < -0.3 is 24.3 Å². The minimum atomic E-state index is -1.17. The predicted molar refractivity (Wildman–Crippen MR) is 123 cm³/mol. The van der Waals surface area contributed by atoms with Gasteiger partial charge in [-0.3, -0.25) is 0 Å². The molecule has 1 aliphatic heterocycles. The summed E-state index contributed by atoms with van der Waals surface area (Å²) in [5, 5.41) is 17.2. The van der Waals surface area contributed by atoms with Crippen LogP contribution < -0.4 is 9.84 Å². The Balaban J connectivity index is 1.45. The first-order chi connectivity index (χ1) is 16.1. The van der Waals surface area contributed by atoms with Gasteiger partial charge >= 0.3 is 0 Å². The molecule has 0 spiro atoms. The number of amides is 1. The monoisotopic (exact) mass is 445 g/mol. The van der Waals surface area contributed by atoms with Crippen molar-refractivity contribution in [2.45, 2.75) is 25.0 Å². The highest BCUT2D eigenvalue weighted by Gasteiger charge is 2.31. The van der Waals surface area contributed by atoms with Crippen molar-refractivity contribution >= 4 is 16.9 Å². The van der Waals surface area contributed by atoms with E-state index in [2.05, 4.69) is 34.3 Å². The second kappa shape index (κ2) is 10.7. The molecule has 1 aliphatic rings. The Bertz CT molecular complexity index is 1140. The first kappa shape index (κ1) is 22.5. The molecule has 3 aromatic carbocycles. The number of benzene rings is 3. The Labute approximate surface area is 192 Å². The van der Waals surface area contributed by atoms with Crippen LogP contribution in [0.2, 0.25) is 0 Å². The molecule has 8 heteroatoms. The van der Waals surface area contributed by atoms with Crippen LogP contribution in [0.5, 0.6) is 5.75 Å². The van der Waals surface area contributed by atoms with Crippen LogP contribution in [0.1, 0.15) is 23.5 Å². The summed E-state index contributed by atoms with van der Waals surface area (Å²) >= 11 is 0. The number of fused-ring (bicyclic) bond motifs is 1. The summed E-state index contributed by atoms with van der Waals surface area (Å²) < 4.78 is 11.9. The topological polar surface area (TPSA) is 111 Å². The molecule has 1 heterocycles. The van der Waals surface area contributed by atoms with Gasteiger partial charge in [0.05, 0.1) is 25.9 Å². The summed E-state index contributed by atoms with van der Waals surface area (Å²) in [7, 11) is 0. The molecule has 0 aromatic heterocycles. The van der Waals surface area contributed by atoms with E-state index in [1.165, 1.54) is 10.3 Å². The Morgan fingerprint density at radius 2 is 1.91 bits per heavy atom. The number of nitrogens with zero attached hydrogens (tertiary/aromatic N) is 4. The van der Waals surface area contributed by atoms with Crippen LogP contribution in [0.15, 0.2) is 71.8 Å². The predicted octanol–water partition coefficient (Wildman–Crippen LogP) is 4.25. The standard InChI is InChI=1S/C25H26N4O4/c26-28-27-12-14-32-22-9-7-20(8-10-22)23-11-13-29(25(30)31)16-24(23)33-17-18-5-6-19-3-1-2-4-21(19)15-18/h1-10,15,23-24H,11-14,16-17H2,(H,30,31)/p-1. The van der Waals surface area contributed by atoms with E-state index in [0.29, 0.717) is 31.9 Å². The van der Waals surface area contributed by atoms with Crippen molar-refractivity contribution in [2.75, 3.05) is 26.2 Å². The zero-order chi connectivity index (χ0) is 23.0. The Hall–Kier alpha value is -3.74. The molecule has 0 radical (unpaired) electrons. The van der Waals surface area contributed by atoms with Crippen LogP contribution in [0.25, 0.3) is 21.2 Å². The Morgan fingerprint density at radius 1 is 1.12 bits per heavy atom. The van der Waals surface area contributed by atoms with E-state index in [1.54, 1.807) is 0 Å². The molecule has 1 amide bonds. The summed E-state index contributed by atoms with van der Waals surface area (Å²) in [6.45, 7) is 1.65. The molecular formula is C25H25N4O4-. The van der Waals surface area contributed by atoms with Crippen LogP contribution in [0.3, 0.4) is 0 Å². The van der Waals surface area contributed by atoms with Gasteiger partial charge in [-0.2, -0.15) is 0 Å². The van der Waals surface area contributed by atoms with Crippen LogP contribution >= 0.6 is 0 Å². The Morgan fingerprint density at radius 3 is 2.67 bits per heavy atom. The zero-order valence-electron chi connectivity index (χ0n) is 18.2. The second-order valence-corrected chi connectivity index (χ2v) is 8.01. The molecule has 1 saturated heterocycles. The largest absolute Gasteiger partial charge is 0.530 e. The first-order valence-corrected chi connectivity index (χ1v) is 10.9. The van der Waals surface area contributed by atoms with Gasteiger partial charge in [-0.15, -0.1) is 0 Å². The fourth-order valence-corrected chi connectivity index (χ4v) is 4.22. The van der Waals surface area contributed by atoms with Gasteiger partial charge in [0.2, 0.25) is 0 Å². The maximum absolute atomic E-state index is 11.5. The third-order valence-electron chi connectivity index (χ3n) is 5.93. The van der Waals surface area contributed by atoms with E-state index in [0.717, 1.165) is 16.5 Å². The smallest absolute Gasteiger partial charge is 0.137 e. The SMILES string of the molecule is [N-]=[N+]=NCCOc1ccc(C2CCN(C(=O)[O-])CC2OCc2ccc3ccccc3c2)cc1. The fraction of sp³-hybridized carbons (Fsp3) is 0.320. The summed E-state index contributed by atoms with van der Waals surface area (Å²) in [6.07, 6.45) is -0.815. The number of hydrogen-bond acceptors (Lipinski definition) is 5. The summed E-state index contributed by atoms with van der Waals surface area (Å²) in [4.78, 5) is 15.5. The van der Waals surface area contributed by atoms with Crippen molar-refractivity contribution < 1.29 is 19.4 Å². The van der Waals surface area contributed by atoms with E-state index in [1.807, 2.05) is 42.5 Å². The lowest BCUT2D eigenvalue weighted by atomic mass is 9.87. The van der Waals surface area contributed by atoms with Crippen LogP contribution in [-0.2, 0) is 11.3 Å². The normalized spacial score (nSPS) is 18.0. The lowest BCUT2D eigenvalue weighted by Gasteiger charge is -2.40. The Kier molecular flexibility index (Phi) is 7.29. The van der Waals surface area contributed by atoms with Crippen molar-refractivity contribution in [3.63, 3.8) is 0 Å². The van der Waals surface area contributed by atoms with Crippen LogP contribution in [-0.4, -0.2) is 43.3 Å². The number of ether oxygens (including phenoxy) is 2. The second-order valence-electron chi connectivity index (χ2n) is 8.01. The lowest BCUT2D eigenvalue weighted by Crippen LogP contribution is -2.51. The number of rotatable bonds is 8. The van der Waals surface area contributed by atoms with E-state index in [4.69, 9.17) is 15.0 Å². The third kappa shape index (κ3) is 5.74. The molecule has 2 atom stereocenters. The third-order valence-corrected chi connectivity index (χ3v) is 5.93. The highest BCUT2D eigenvalue weighted by molar-refractivity contribution is 5.82. The van der Waals surface area contributed by atoms with Gasteiger partial charge in [-0.25, -0.2) is 0 Å². The average Bonchev–Trinajstić information content (AvgIpc) is 2.85. The summed E-state index contributed by atoms with van der Waals surface area (Å²) in [5.41, 5.74) is 10.4. The van der Waals surface area contributed by atoms with Crippen molar-refractivity contribution in [1.82, 2.24) is 4.90 Å². The van der Waals surface area contributed by atoms with Crippen molar-refractivity contribution in [1.29, 1.82) is 0 Å². The maximum atomic E-state index is 11.5. The molecular weight excluding hydrogens is 420 g/mol. The van der Waals surface area contributed by atoms with Crippen LogP contribution in [0, 0.1) is 0 Å². The van der Waals surface area contributed by atoms with Gasteiger partial charge in [0.25, 0.3) is 0 Å². The van der Waals surface area contributed by atoms with E-state index < -0.39 is 6.09 Å². The molecule has 4 rings (SSSR count). The number of piperidine rings is 1. The van der Waals surface area contributed by atoms with Gasteiger partial charge in [-0.1, -0.05) is 53.6 Å². The minimum absolute atomic E-state index is 0.0540. The molecule has 0 saturated carbocycles. The molecule has 3 aromatic rings. The minimum Gasteiger partial charge on any atom is -0.530 e. The first-order valence-electron chi connectivity index (χ1n) is 10.9. The molecule has 33 heavy (non-hydrogen) atoms. The fourth-order valence-electron chi connectivity index (χ4n) is 4.22. The number of azide groups is 1. The highest BCUT2D eigenvalue weighted by atomic mass is 16.5. The molecule has 0 N–H and O–H groups in total. The summed E-state index contributed by atoms with van der Waals surface area (Å²) in [6, 6.07) is 22.1. The molecule has 8 nitrogen and oxygen atoms in total. The number of hydrogen-bond donors (Lipinski definition) is 0. The van der Waals surface area contributed by atoms with E-state index in [9.17, 15) is 9.90 Å². The van der Waals surface area contributed by atoms with Gasteiger partial charge in [0.15, 0.2) is 0 Å². The van der Waals surface area contributed by atoms with E-state index >= 15 is 0 Å². The summed E-state index contributed by atoms with van der Waals surface area (Å²) in [5.74, 6) is 0.742. The van der Waals surface area contributed by atoms with Crippen molar-refractivity contribution in [3.05, 3.63) is 88.3 Å². The molecule has 1 fully saturated rings. The molecule has 0 aliphatic carbocycles. The number of likely N-dealkylation sites (tertiary alicyclic amines) is 1.